The molecule has 1 amide bonds. The molecule has 3 aromatic rings. The van der Waals surface area contributed by atoms with Crippen LogP contribution in [0.4, 0.5) is 5.69 Å². The Hall–Kier alpha value is -3.81. The highest BCUT2D eigenvalue weighted by Gasteiger charge is 2.29. The second kappa shape index (κ2) is 12.4. The predicted octanol–water partition coefficient (Wildman–Crippen LogP) is 4.48. The first-order valence-electron chi connectivity index (χ1n) is 13.5. The average molecular weight is 586 g/mol. The van der Waals surface area contributed by atoms with Crippen molar-refractivity contribution in [2.24, 2.45) is 0 Å². The van der Waals surface area contributed by atoms with Crippen LogP contribution in [0.2, 0.25) is 0 Å². The van der Waals surface area contributed by atoms with Crippen molar-refractivity contribution < 1.29 is 27.6 Å². The third-order valence-electron chi connectivity index (χ3n) is 6.99. The van der Waals surface area contributed by atoms with E-state index in [9.17, 15) is 23.3 Å². The number of nitrogens with zero attached hydrogens (tertiary/aromatic N) is 3. The number of aryl methyl sites for hydroxylation is 2. The van der Waals surface area contributed by atoms with E-state index < -0.39 is 37.5 Å². The topological polar surface area (TPSA) is 155 Å². The fourth-order valence-corrected chi connectivity index (χ4v) is 5.92. The van der Waals surface area contributed by atoms with E-state index in [2.05, 4.69) is 15.1 Å². The minimum atomic E-state index is -4.21. The Balaban J connectivity index is 1.82. The van der Waals surface area contributed by atoms with Crippen molar-refractivity contribution in [1.29, 1.82) is 0 Å². The minimum Gasteiger partial charge on any atom is -0.437 e. The van der Waals surface area contributed by atoms with Gasteiger partial charge in [-0.1, -0.05) is 19.1 Å². The highest BCUT2D eigenvalue weighted by Crippen LogP contribution is 2.36. The molecule has 0 unspecified atom stereocenters. The summed E-state index contributed by atoms with van der Waals surface area (Å²) in [6.07, 6.45) is 2.23. The van der Waals surface area contributed by atoms with E-state index >= 15 is 0 Å². The number of rotatable bonds is 11. The number of nitrogens with one attached hydrogen (secondary N) is 2. The molecule has 4 rings (SSSR count). The van der Waals surface area contributed by atoms with Gasteiger partial charge in [-0.25, -0.2) is 13.1 Å². The van der Waals surface area contributed by atoms with E-state index in [1.165, 1.54) is 16.8 Å². The van der Waals surface area contributed by atoms with Crippen molar-refractivity contribution in [3.8, 4) is 17.3 Å². The zero-order chi connectivity index (χ0) is 29.9. The maximum absolute atomic E-state index is 13.3. The second-order valence-corrected chi connectivity index (χ2v) is 11.9. The van der Waals surface area contributed by atoms with Crippen molar-refractivity contribution in [3.05, 3.63) is 68.9 Å². The molecule has 1 aliphatic heterocycles. The van der Waals surface area contributed by atoms with Gasteiger partial charge in [-0.05, 0) is 70.2 Å². The van der Waals surface area contributed by atoms with Crippen molar-refractivity contribution >= 4 is 21.6 Å². The number of aromatic nitrogens is 2. The summed E-state index contributed by atoms with van der Waals surface area (Å²) in [5.74, 6) is -0.469. The Morgan fingerprint density at radius 1 is 1.24 bits per heavy atom. The second-order valence-electron chi connectivity index (χ2n) is 10.2. The van der Waals surface area contributed by atoms with Crippen LogP contribution in [0, 0.1) is 30.9 Å². The minimum absolute atomic E-state index is 0.0676. The molecular formula is C28H35N5O7S. The number of carbonyl (C=O) groups is 1. The molecule has 0 bridgehead atoms. The van der Waals surface area contributed by atoms with Crippen molar-refractivity contribution in [1.82, 2.24) is 19.8 Å². The molecule has 1 aromatic heterocycles. The summed E-state index contributed by atoms with van der Waals surface area (Å²) in [4.78, 5) is 23.7. The zero-order valence-electron chi connectivity index (χ0n) is 23.8. The number of sulfonamides is 1. The molecule has 2 heterocycles. The number of ether oxygens (including phenoxy) is 2. The van der Waals surface area contributed by atoms with Gasteiger partial charge in [-0.15, -0.1) is 0 Å². The van der Waals surface area contributed by atoms with Crippen LogP contribution < -0.4 is 14.8 Å². The number of hydrogen-bond acceptors (Lipinski definition) is 8. The summed E-state index contributed by atoms with van der Waals surface area (Å²) in [6, 6.07) is 8.66. The van der Waals surface area contributed by atoms with Crippen molar-refractivity contribution in [3.63, 3.8) is 0 Å². The first-order chi connectivity index (χ1) is 19.4. The van der Waals surface area contributed by atoms with E-state index in [1.807, 2.05) is 39.0 Å². The normalized spacial score (nSPS) is 16.0. The summed E-state index contributed by atoms with van der Waals surface area (Å²) in [5.41, 5.74) is 2.46. The lowest BCUT2D eigenvalue weighted by Gasteiger charge is -2.17. The molecule has 0 saturated carbocycles. The molecule has 0 aliphatic carbocycles. The highest BCUT2D eigenvalue weighted by molar-refractivity contribution is 7.89. The molecule has 2 N–H and O–H groups in total. The van der Waals surface area contributed by atoms with Crippen LogP contribution in [-0.2, 0) is 14.8 Å². The SMILES string of the molecule is CC[C@@H](C)NS(=O)(=O)c1cc([N+](=O)[O-])ccc1Oc1c(C)c(C(=O)NC[C@H]2CCCO2)nn1-c1cc(C)ccc1C. The lowest BCUT2D eigenvalue weighted by Crippen LogP contribution is -2.32. The Morgan fingerprint density at radius 2 is 2.00 bits per heavy atom. The van der Waals surface area contributed by atoms with Gasteiger partial charge in [0, 0.05) is 36.9 Å². The number of non-ortho nitro benzene ring substituents is 1. The molecule has 41 heavy (non-hydrogen) atoms. The molecule has 0 radical (unpaired) electrons. The van der Waals surface area contributed by atoms with E-state index in [-0.39, 0.29) is 23.4 Å². The van der Waals surface area contributed by atoms with Crippen LogP contribution in [0.25, 0.3) is 5.69 Å². The number of carbonyl (C=O) groups excluding carboxylic acids is 1. The van der Waals surface area contributed by atoms with Crippen LogP contribution in [0.15, 0.2) is 41.3 Å². The lowest BCUT2D eigenvalue weighted by molar-refractivity contribution is -0.385. The Bertz CT molecular complexity index is 1560. The first kappa shape index (κ1) is 30.2. The monoisotopic (exact) mass is 585 g/mol. The lowest BCUT2D eigenvalue weighted by atomic mass is 10.1. The fourth-order valence-electron chi connectivity index (χ4n) is 4.44. The third-order valence-corrected chi connectivity index (χ3v) is 8.60. The number of benzene rings is 2. The van der Waals surface area contributed by atoms with Gasteiger partial charge in [-0.3, -0.25) is 14.9 Å². The van der Waals surface area contributed by atoms with Crippen LogP contribution in [0.1, 0.15) is 60.3 Å². The van der Waals surface area contributed by atoms with Gasteiger partial charge in [0.15, 0.2) is 5.69 Å². The van der Waals surface area contributed by atoms with Gasteiger partial charge < -0.3 is 14.8 Å². The summed E-state index contributed by atoms with van der Waals surface area (Å²) in [6.45, 7) is 9.94. The molecule has 12 nitrogen and oxygen atoms in total. The molecule has 1 aliphatic rings. The molecule has 0 spiro atoms. The van der Waals surface area contributed by atoms with Gasteiger partial charge in [0.2, 0.25) is 15.9 Å². The molecule has 13 heteroatoms. The zero-order valence-corrected chi connectivity index (χ0v) is 24.6. The van der Waals surface area contributed by atoms with Gasteiger partial charge in [-0.2, -0.15) is 9.78 Å². The van der Waals surface area contributed by atoms with E-state index in [1.54, 1.807) is 13.8 Å². The van der Waals surface area contributed by atoms with E-state index in [0.29, 0.717) is 30.8 Å². The maximum atomic E-state index is 13.3. The van der Waals surface area contributed by atoms with Crippen LogP contribution >= 0.6 is 0 Å². The van der Waals surface area contributed by atoms with Crippen LogP contribution in [-0.4, -0.2) is 54.3 Å². The number of nitro benzene ring substituents is 1. The summed E-state index contributed by atoms with van der Waals surface area (Å²) in [5, 5.41) is 19.0. The number of amides is 1. The van der Waals surface area contributed by atoms with E-state index in [4.69, 9.17) is 9.47 Å². The fraction of sp³-hybridized carbons (Fsp3) is 0.429. The first-order valence-corrected chi connectivity index (χ1v) is 14.9. The van der Waals surface area contributed by atoms with Gasteiger partial charge in [0.05, 0.1) is 16.7 Å². The van der Waals surface area contributed by atoms with Gasteiger partial charge in [0.1, 0.15) is 10.6 Å². The van der Waals surface area contributed by atoms with Crippen LogP contribution in [0.5, 0.6) is 11.6 Å². The molecule has 2 aromatic carbocycles. The van der Waals surface area contributed by atoms with Crippen molar-refractivity contribution in [2.45, 2.75) is 70.9 Å². The summed E-state index contributed by atoms with van der Waals surface area (Å²) >= 11 is 0. The largest absolute Gasteiger partial charge is 0.437 e. The average Bonchev–Trinajstić information content (AvgIpc) is 3.56. The molecule has 1 saturated heterocycles. The number of hydrogen-bond donors (Lipinski definition) is 2. The number of nitro groups is 1. The van der Waals surface area contributed by atoms with Gasteiger partial charge in [0.25, 0.3) is 11.6 Å². The van der Waals surface area contributed by atoms with E-state index in [0.717, 1.165) is 30.0 Å². The summed E-state index contributed by atoms with van der Waals surface area (Å²) in [7, 11) is -4.21. The predicted molar refractivity (Wildman–Crippen MR) is 152 cm³/mol. The Morgan fingerprint density at radius 3 is 2.66 bits per heavy atom. The molecule has 220 valence electrons. The van der Waals surface area contributed by atoms with Crippen molar-refractivity contribution in [2.75, 3.05) is 13.2 Å². The van der Waals surface area contributed by atoms with Gasteiger partial charge >= 0.3 is 0 Å². The smallest absolute Gasteiger partial charge is 0.272 e. The van der Waals surface area contributed by atoms with Crippen LogP contribution in [0.3, 0.4) is 0 Å². The highest BCUT2D eigenvalue weighted by atomic mass is 32.2. The standard InChI is InChI=1S/C28H35N5O7S/c1-6-19(4)31-41(37,38)25-15-21(33(35)36)11-12-24(25)40-28-20(5)26(27(34)29-16-22-8-7-13-39-22)30-32(28)23-14-17(2)9-10-18(23)3/h9-12,14-15,19,22,31H,6-8,13,16H2,1-5H3,(H,29,34)/t19-,22-/m1/s1. The molecular weight excluding hydrogens is 550 g/mol. The quantitative estimate of drug-likeness (QED) is 0.247. The third kappa shape index (κ3) is 6.75. The Labute approximate surface area is 239 Å². The Kier molecular flexibility index (Phi) is 9.10. The molecule has 1 fully saturated rings. The summed E-state index contributed by atoms with van der Waals surface area (Å²) < 4.78 is 42.5. The molecule has 2 atom stereocenters. The maximum Gasteiger partial charge on any atom is 0.272 e.